The molecule has 4 bridgehead atoms. The molecule has 4 aromatic rings. The Morgan fingerprint density at radius 3 is 2.84 bits per heavy atom. The van der Waals surface area contributed by atoms with Crippen LogP contribution in [0.2, 0.25) is 0 Å². The molecule has 0 saturated carbocycles. The highest BCUT2D eigenvalue weighted by Crippen LogP contribution is 2.29. The summed E-state index contributed by atoms with van der Waals surface area (Å²) in [6.07, 6.45) is 3.42. The smallest absolute Gasteiger partial charge is 0.274 e. The Labute approximate surface area is 252 Å². The van der Waals surface area contributed by atoms with Crippen molar-refractivity contribution in [2.45, 2.75) is 38.0 Å². The number of methoxy groups -OCH3 is 1. The Kier molecular flexibility index (Phi) is 8.26. The molecule has 12 nitrogen and oxygen atoms in total. The SMILES string of the molecule is COc1ccc2cc1OCC(=O)N[C@@H]1CN(C(=O)c3cnc4cccnn34)CC[C@H]1Oc1cc(F)cc(c1)CNC(=O)CC2. The van der Waals surface area contributed by atoms with Gasteiger partial charge in [0.2, 0.25) is 5.91 Å². The largest absolute Gasteiger partial charge is 0.493 e. The van der Waals surface area contributed by atoms with Gasteiger partial charge in [-0.05, 0) is 53.9 Å². The summed E-state index contributed by atoms with van der Waals surface area (Å²) in [5.74, 6) is -0.408. The first-order valence-electron chi connectivity index (χ1n) is 14.3. The number of imidazole rings is 1. The average molecular weight is 603 g/mol. The Balaban J connectivity index is 1.28. The van der Waals surface area contributed by atoms with E-state index in [1.165, 1.54) is 30.0 Å². The van der Waals surface area contributed by atoms with Crippen LogP contribution in [0, 0.1) is 5.82 Å². The molecule has 2 aliphatic rings. The number of likely N-dealkylation sites (tertiary alicyclic amines) is 1. The first-order valence-corrected chi connectivity index (χ1v) is 14.3. The predicted molar refractivity (Wildman–Crippen MR) is 155 cm³/mol. The van der Waals surface area contributed by atoms with E-state index in [2.05, 4.69) is 20.7 Å². The number of hydrogen-bond donors (Lipinski definition) is 2. The molecule has 2 atom stereocenters. The molecule has 0 spiro atoms. The molecule has 228 valence electrons. The number of fused-ring (bicyclic) bond motifs is 6. The van der Waals surface area contributed by atoms with E-state index >= 15 is 0 Å². The number of carbonyl (C=O) groups is 3. The number of carbonyl (C=O) groups excluding carboxylic acids is 3. The molecule has 1 saturated heterocycles. The number of halogens is 1. The van der Waals surface area contributed by atoms with Crippen LogP contribution in [0.25, 0.3) is 5.65 Å². The van der Waals surface area contributed by atoms with Crippen molar-refractivity contribution in [3.63, 3.8) is 0 Å². The van der Waals surface area contributed by atoms with Crippen LogP contribution < -0.4 is 24.8 Å². The van der Waals surface area contributed by atoms with Crippen molar-refractivity contribution >= 4 is 23.4 Å². The molecule has 0 aliphatic carbocycles. The molecular formula is C31H31FN6O6. The molecule has 6 rings (SSSR count). The van der Waals surface area contributed by atoms with Crippen molar-refractivity contribution < 1.29 is 33.0 Å². The number of amides is 3. The van der Waals surface area contributed by atoms with Crippen LogP contribution in [-0.2, 0) is 22.6 Å². The third-order valence-corrected chi connectivity index (χ3v) is 7.62. The Morgan fingerprint density at radius 2 is 1.98 bits per heavy atom. The van der Waals surface area contributed by atoms with Crippen molar-refractivity contribution in [3.05, 3.63) is 83.6 Å². The zero-order valence-electron chi connectivity index (χ0n) is 24.0. The summed E-state index contributed by atoms with van der Waals surface area (Å²) >= 11 is 0. The van der Waals surface area contributed by atoms with Crippen molar-refractivity contribution in [1.82, 2.24) is 30.1 Å². The van der Waals surface area contributed by atoms with Gasteiger partial charge in [0.05, 0.1) is 19.3 Å². The minimum atomic E-state index is -0.658. The number of ether oxygens (including phenoxy) is 3. The van der Waals surface area contributed by atoms with Gasteiger partial charge < -0.3 is 29.7 Å². The summed E-state index contributed by atoms with van der Waals surface area (Å²) in [6.45, 7) is 0.212. The summed E-state index contributed by atoms with van der Waals surface area (Å²) in [6, 6.07) is 12.4. The van der Waals surface area contributed by atoms with Crippen LogP contribution in [0.5, 0.6) is 17.2 Å². The molecule has 3 amide bonds. The van der Waals surface area contributed by atoms with E-state index in [1.807, 2.05) is 6.07 Å². The van der Waals surface area contributed by atoms with Gasteiger partial charge in [-0.15, -0.1) is 0 Å². The molecule has 4 heterocycles. The fraction of sp³-hybridized carbons (Fsp3) is 0.323. The Bertz CT molecular complexity index is 1710. The lowest BCUT2D eigenvalue weighted by Gasteiger charge is -2.38. The highest BCUT2D eigenvalue weighted by atomic mass is 19.1. The number of aryl methyl sites for hydroxylation is 1. The maximum atomic E-state index is 14.6. The second-order valence-corrected chi connectivity index (χ2v) is 10.7. The summed E-state index contributed by atoms with van der Waals surface area (Å²) in [7, 11) is 1.50. The summed E-state index contributed by atoms with van der Waals surface area (Å²) in [5.41, 5.74) is 2.18. The standard InChI is InChI=1S/C31H31FN6O6/c1-42-26-6-4-19-5-7-29(39)34-15-20-11-21(32)14-22(12-20)44-25-8-10-37(17-23(25)36-30(40)18-43-27(26)13-19)31(41)24-16-33-28-3-2-9-35-38(24)28/h2-4,6,9,11-14,16,23,25H,5,7-8,10,15,17-18H2,1H3,(H,34,39)(H,36,40)/t23-,25-/m1/s1. The van der Waals surface area contributed by atoms with Gasteiger partial charge in [-0.2, -0.15) is 5.10 Å². The van der Waals surface area contributed by atoms with E-state index in [0.717, 1.165) is 5.56 Å². The molecule has 1 fully saturated rings. The number of nitrogens with one attached hydrogen (secondary N) is 2. The predicted octanol–water partition coefficient (Wildman–Crippen LogP) is 2.30. The van der Waals surface area contributed by atoms with Crippen LogP contribution in [0.3, 0.4) is 0 Å². The van der Waals surface area contributed by atoms with Crippen LogP contribution in [0.1, 0.15) is 34.5 Å². The molecule has 2 aromatic heterocycles. The normalized spacial score (nSPS) is 19.4. The van der Waals surface area contributed by atoms with Gasteiger partial charge in [0.1, 0.15) is 17.7 Å². The number of rotatable bonds is 2. The van der Waals surface area contributed by atoms with E-state index in [4.69, 9.17) is 14.2 Å². The molecule has 2 aromatic carbocycles. The van der Waals surface area contributed by atoms with E-state index < -0.39 is 23.9 Å². The highest BCUT2D eigenvalue weighted by molar-refractivity contribution is 5.93. The van der Waals surface area contributed by atoms with Crippen molar-refractivity contribution in [2.75, 3.05) is 26.8 Å². The number of nitrogens with zero attached hydrogens (tertiary/aromatic N) is 4. The van der Waals surface area contributed by atoms with Crippen molar-refractivity contribution in [3.8, 4) is 17.2 Å². The number of aromatic nitrogens is 3. The lowest BCUT2D eigenvalue weighted by atomic mass is 10.0. The van der Waals surface area contributed by atoms with E-state index in [1.54, 1.807) is 41.4 Å². The minimum absolute atomic E-state index is 0.115. The molecule has 2 N–H and O–H groups in total. The second-order valence-electron chi connectivity index (χ2n) is 10.7. The quantitative estimate of drug-likeness (QED) is 0.357. The number of hydrogen-bond acceptors (Lipinski definition) is 8. The van der Waals surface area contributed by atoms with Gasteiger partial charge in [0.25, 0.3) is 11.8 Å². The third kappa shape index (κ3) is 6.41. The zero-order chi connectivity index (χ0) is 30.6. The Hall–Kier alpha value is -5.20. The molecule has 2 aliphatic heterocycles. The van der Waals surface area contributed by atoms with Crippen LogP contribution in [0.4, 0.5) is 4.39 Å². The fourth-order valence-electron chi connectivity index (χ4n) is 5.43. The second kappa shape index (κ2) is 12.6. The van der Waals surface area contributed by atoms with Gasteiger partial charge in [-0.1, -0.05) is 6.07 Å². The summed E-state index contributed by atoms with van der Waals surface area (Å²) in [5, 5.41) is 10.0. The lowest BCUT2D eigenvalue weighted by molar-refractivity contribution is -0.125. The zero-order valence-corrected chi connectivity index (χ0v) is 24.0. The van der Waals surface area contributed by atoms with Gasteiger partial charge in [0.15, 0.2) is 29.4 Å². The maximum Gasteiger partial charge on any atom is 0.274 e. The fourth-order valence-corrected chi connectivity index (χ4v) is 5.43. The van der Waals surface area contributed by atoms with Gasteiger partial charge in [-0.25, -0.2) is 13.9 Å². The molecule has 0 unspecified atom stereocenters. The lowest BCUT2D eigenvalue weighted by Crippen LogP contribution is -2.58. The highest BCUT2D eigenvalue weighted by Gasteiger charge is 2.35. The van der Waals surface area contributed by atoms with Crippen molar-refractivity contribution in [1.29, 1.82) is 0 Å². The summed E-state index contributed by atoms with van der Waals surface area (Å²) < 4.78 is 33.5. The monoisotopic (exact) mass is 602 g/mol. The summed E-state index contributed by atoms with van der Waals surface area (Å²) in [4.78, 5) is 45.2. The van der Waals surface area contributed by atoms with Gasteiger partial charge in [0, 0.05) is 44.7 Å². The van der Waals surface area contributed by atoms with Gasteiger partial charge in [-0.3, -0.25) is 14.4 Å². The molecule has 0 radical (unpaired) electrons. The number of benzene rings is 2. The van der Waals surface area contributed by atoms with Crippen molar-refractivity contribution in [2.24, 2.45) is 0 Å². The van der Waals surface area contributed by atoms with E-state index in [0.29, 0.717) is 47.8 Å². The molecule has 13 heteroatoms. The average Bonchev–Trinajstić information content (AvgIpc) is 3.46. The minimum Gasteiger partial charge on any atom is -0.493 e. The van der Waals surface area contributed by atoms with Crippen LogP contribution >= 0.6 is 0 Å². The maximum absolute atomic E-state index is 14.6. The Morgan fingerprint density at radius 1 is 1.09 bits per heavy atom. The number of piperidine rings is 1. The van der Waals surface area contributed by atoms with E-state index in [9.17, 15) is 18.8 Å². The first kappa shape index (κ1) is 28.9. The van der Waals surface area contributed by atoms with Crippen LogP contribution in [0.15, 0.2) is 60.9 Å². The topological polar surface area (TPSA) is 136 Å². The molecule has 44 heavy (non-hydrogen) atoms. The van der Waals surface area contributed by atoms with Gasteiger partial charge >= 0.3 is 0 Å². The van der Waals surface area contributed by atoms with E-state index in [-0.39, 0.29) is 43.7 Å². The first-order chi connectivity index (χ1) is 21.4. The molecular weight excluding hydrogens is 571 g/mol. The third-order valence-electron chi connectivity index (χ3n) is 7.62. The van der Waals surface area contributed by atoms with Crippen LogP contribution in [-0.4, -0.2) is 76.2 Å².